The van der Waals surface area contributed by atoms with E-state index in [-0.39, 0.29) is 11.0 Å². The molecule has 0 saturated carbocycles. The predicted molar refractivity (Wildman–Crippen MR) is 81.1 cm³/mol. The molecule has 0 radical (unpaired) electrons. The minimum Gasteiger partial charge on any atom is -0.321 e. The van der Waals surface area contributed by atoms with E-state index in [2.05, 4.69) is 11.9 Å². The first-order valence-corrected chi connectivity index (χ1v) is 9.10. The Morgan fingerprint density at radius 3 is 2.37 bits per heavy atom. The molecule has 2 N–H and O–H groups in total. The maximum Gasteiger partial charge on any atom is 0.159 e. The number of hydrogen-bond donors (Lipinski definition) is 1. The van der Waals surface area contributed by atoms with E-state index in [4.69, 9.17) is 5.73 Å². The molecule has 4 nitrogen and oxygen atoms in total. The van der Waals surface area contributed by atoms with Crippen LogP contribution in [-0.2, 0) is 27.5 Å². The van der Waals surface area contributed by atoms with Gasteiger partial charge in [0, 0.05) is 10.4 Å². The van der Waals surface area contributed by atoms with Gasteiger partial charge in [-0.1, -0.05) is 13.3 Å². The van der Waals surface area contributed by atoms with Crippen molar-refractivity contribution in [3.05, 3.63) is 15.6 Å². The van der Waals surface area contributed by atoms with Crippen molar-refractivity contribution < 1.29 is 8.42 Å². The van der Waals surface area contributed by atoms with Gasteiger partial charge < -0.3 is 5.73 Å². The van der Waals surface area contributed by atoms with Gasteiger partial charge in [-0.3, -0.25) is 0 Å². The fourth-order valence-corrected chi connectivity index (χ4v) is 4.10. The molecule has 0 bridgehead atoms. The fourth-order valence-electron chi connectivity index (χ4n) is 1.71. The highest BCUT2D eigenvalue weighted by molar-refractivity contribution is 7.91. The van der Waals surface area contributed by atoms with Crippen molar-refractivity contribution in [3.63, 3.8) is 0 Å². The lowest BCUT2D eigenvalue weighted by atomic mass is 10.0. The van der Waals surface area contributed by atoms with Crippen molar-refractivity contribution in [2.45, 2.75) is 64.0 Å². The first-order valence-electron chi connectivity index (χ1n) is 6.57. The average Bonchev–Trinajstić information content (AvgIpc) is 2.60. The van der Waals surface area contributed by atoms with Crippen LogP contribution in [0.5, 0.6) is 0 Å². The van der Waals surface area contributed by atoms with Gasteiger partial charge in [-0.05, 0) is 34.1 Å². The number of sulfone groups is 1. The van der Waals surface area contributed by atoms with Crippen LogP contribution in [0, 0.1) is 0 Å². The smallest absolute Gasteiger partial charge is 0.159 e. The number of aromatic nitrogens is 1. The summed E-state index contributed by atoms with van der Waals surface area (Å²) >= 11 is 1.44. The molecule has 110 valence electrons. The van der Waals surface area contributed by atoms with Crippen LogP contribution in [-0.4, -0.2) is 18.7 Å². The third-order valence-corrected chi connectivity index (χ3v) is 6.59. The summed E-state index contributed by atoms with van der Waals surface area (Å²) in [6.07, 6.45) is 1.82. The molecule has 0 saturated heterocycles. The van der Waals surface area contributed by atoms with Crippen LogP contribution in [0.2, 0.25) is 0 Å². The molecule has 0 unspecified atom stereocenters. The van der Waals surface area contributed by atoms with Gasteiger partial charge >= 0.3 is 0 Å². The molecular formula is C13H24N2O2S2. The Labute approximate surface area is 120 Å². The van der Waals surface area contributed by atoms with Crippen LogP contribution in [0.25, 0.3) is 0 Å². The zero-order chi connectivity index (χ0) is 14.8. The lowest BCUT2D eigenvalue weighted by Gasteiger charge is -2.17. The number of hydrogen-bond acceptors (Lipinski definition) is 5. The highest BCUT2D eigenvalue weighted by atomic mass is 32.2. The number of thiazole rings is 1. The summed E-state index contributed by atoms with van der Waals surface area (Å²) in [6, 6.07) is 0. The molecule has 1 aromatic heterocycles. The normalized spacial score (nSPS) is 13.2. The van der Waals surface area contributed by atoms with Crippen LogP contribution < -0.4 is 5.73 Å². The summed E-state index contributed by atoms with van der Waals surface area (Å²) in [5, 5.41) is 0.283. The highest BCUT2D eigenvalue weighted by Gasteiger charge is 2.26. The fraction of sp³-hybridized carbons (Fsp3) is 0.769. The van der Waals surface area contributed by atoms with E-state index in [0.717, 1.165) is 23.4 Å². The predicted octanol–water partition coefficient (Wildman–Crippen LogP) is 2.61. The molecule has 1 aromatic rings. The van der Waals surface area contributed by atoms with Gasteiger partial charge in [0.25, 0.3) is 0 Å². The molecule has 19 heavy (non-hydrogen) atoms. The third-order valence-electron chi connectivity index (χ3n) is 2.86. The first kappa shape index (κ1) is 16.6. The van der Waals surface area contributed by atoms with Gasteiger partial charge in [-0.15, -0.1) is 11.3 Å². The Kier molecular flexibility index (Phi) is 5.15. The molecular weight excluding hydrogens is 280 g/mol. The Balaban J connectivity index is 3.12. The Bertz CT molecular complexity index is 525. The lowest BCUT2D eigenvalue weighted by molar-refractivity contribution is 0.557. The van der Waals surface area contributed by atoms with Gasteiger partial charge in [-0.2, -0.15) is 0 Å². The average molecular weight is 304 g/mol. The van der Waals surface area contributed by atoms with Crippen LogP contribution in [0.4, 0.5) is 0 Å². The molecule has 1 heterocycles. The summed E-state index contributed by atoms with van der Waals surface area (Å²) in [5.41, 5.74) is 6.63. The summed E-state index contributed by atoms with van der Waals surface area (Å²) in [4.78, 5) is 5.50. The summed E-state index contributed by atoms with van der Waals surface area (Å²) in [7, 11) is -3.11. The molecule has 0 aliphatic carbocycles. The van der Waals surface area contributed by atoms with E-state index >= 15 is 0 Å². The summed E-state index contributed by atoms with van der Waals surface area (Å²) in [6.45, 7) is 9.34. The SMILES string of the molecule is CCCc1nc(CS(=O)(=O)C(C)C)sc1C(C)(C)N. The molecule has 0 aromatic carbocycles. The maximum atomic E-state index is 12.0. The number of nitrogens with zero attached hydrogens (tertiary/aromatic N) is 1. The second-order valence-corrected chi connectivity index (χ2v) is 9.35. The summed E-state index contributed by atoms with van der Waals surface area (Å²) in [5.74, 6) is 0.0160. The van der Waals surface area contributed by atoms with Crippen molar-refractivity contribution in [3.8, 4) is 0 Å². The van der Waals surface area contributed by atoms with Crippen LogP contribution in [0.15, 0.2) is 0 Å². The Morgan fingerprint density at radius 2 is 1.95 bits per heavy atom. The zero-order valence-electron chi connectivity index (χ0n) is 12.4. The van der Waals surface area contributed by atoms with Gasteiger partial charge in [-0.25, -0.2) is 13.4 Å². The Morgan fingerprint density at radius 1 is 1.37 bits per heavy atom. The van der Waals surface area contributed by atoms with Crippen LogP contribution in [0.1, 0.15) is 56.6 Å². The van der Waals surface area contributed by atoms with E-state index in [1.807, 2.05) is 13.8 Å². The van der Waals surface area contributed by atoms with Crippen molar-refractivity contribution in [2.24, 2.45) is 5.73 Å². The lowest BCUT2D eigenvalue weighted by Crippen LogP contribution is -2.28. The van der Waals surface area contributed by atoms with E-state index in [0.29, 0.717) is 5.01 Å². The minimum absolute atomic E-state index is 0.0160. The molecule has 6 heteroatoms. The molecule has 0 spiro atoms. The molecule has 1 rings (SSSR count). The molecule has 0 aliphatic heterocycles. The number of rotatable bonds is 6. The molecule has 0 amide bonds. The van der Waals surface area contributed by atoms with E-state index in [9.17, 15) is 8.42 Å². The largest absolute Gasteiger partial charge is 0.321 e. The van der Waals surface area contributed by atoms with Crippen LogP contribution >= 0.6 is 11.3 Å². The monoisotopic (exact) mass is 304 g/mol. The van der Waals surface area contributed by atoms with Gasteiger partial charge in [0.05, 0.1) is 10.9 Å². The zero-order valence-corrected chi connectivity index (χ0v) is 14.0. The molecule has 0 atom stereocenters. The topological polar surface area (TPSA) is 73.0 Å². The first-order chi connectivity index (χ1) is 8.58. The standard InChI is InChI=1S/C13H24N2O2S2/c1-6-7-10-12(13(4,5)14)18-11(15-10)8-19(16,17)9(2)3/h9H,6-8,14H2,1-5H3. The highest BCUT2D eigenvalue weighted by Crippen LogP contribution is 2.30. The third kappa shape index (κ3) is 4.26. The van der Waals surface area contributed by atoms with Crippen molar-refractivity contribution >= 4 is 21.2 Å². The molecule has 0 aliphatic rings. The number of aryl methyl sites for hydroxylation is 1. The van der Waals surface area contributed by atoms with Crippen molar-refractivity contribution in [1.29, 1.82) is 0 Å². The van der Waals surface area contributed by atoms with E-state index in [1.165, 1.54) is 11.3 Å². The number of nitrogens with two attached hydrogens (primary N) is 1. The van der Waals surface area contributed by atoms with E-state index in [1.54, 1.807) is 13.8 Å². The van der Waals surface area contributed by atoms with Crippen molar-refractivity contribution in [2.75, 3.05) is 0 Å². The second-order valence-electron chi connectivity index (χ2n) is 5.71. The minimum atomic E-state index is -3.11. The van der Waals surface area contributed by atoms with Crippen molar-refractivity contribution in [1.82, 2.24) is 4.98 Å². The second kappa shape index (κ2) is 5.89. The van der Waals surface area contributed by atoms with Gasteiger partial charge in [0.1, 0.15) is 10.8 Å². The molecule has 0 fully saturated rings. The quantitative estimate of drug-likeness (QED) is 0.876. The van der Waals surface area contributed by atoms with Gasteiger partial charge in [0.15, 0.2) is 9.84 Å². The Hall–Kier alpha value is -0.460. The summed E-state index contributed by atoms with van der Waals surface area (Å²) < 4.78 is 23.9. The van der Waals surface area contributed by atoms with Crippen LogP contribution in [0.3, 0.4) is 0 Å². The maximum absolute atomic E-state index is 12.0. The van der Waals surface area contributed by atoms with Gasteiger partial charge in [0.2, 0.25) is 0 Å². The van der Waals surface area contributed by atoms with E-state index < -0.39 is 15.4 Å².